The highest BCUT2D eigenvalue weighted by molar-refractivity contribution is 7.22. The second kappa shape index (κ2) is 9.67. The van der Waals surface area contributed by atoms with E-state index >= 15 is 0 Å². The van der Waals surface area contributed by atoms with Crippen LogP contribution >= 0.6 is 11.3 Å². The van der Waals surface area contributed by atoms with Crippen LogP contribution in [0.25, 0.3) is 31.6 Å². The minimum absolute atomic E-state index is 0.0592. The SMILES string of the molecule is O=C(NCCCn1ccnc1)c1ccc(-c2cc3nccc(Nc4ccc5[nH]ccc5c4)c3s2)cc1. The number of benzene rings is 2. The zero-order valence-electron chi connectivity index (χ0n) is 19.4. The van der Waals surface area contributed by atoms with Crippen LogP contribution in [0.2, 0.25) is 0 Å². The van der Waals surface area contributed by atoms with Crippen molar-refractivity contribution in [1.82, 2.24) is 24.8 Å². The number of nitrogens with one attached hydrogen (secondary N) is 3. The number of nitrogens with zero attached hydrogens (tertiary/aromatic N) is 3. The van der Waals surface area contributed by atoms with Crippen LogP contribution in [0.15, 0.2) is 91.8 Å². The molecule has 3 N–H and O–H groups in total. The lowest BCUT2D eigenvalue weighted by Crippen LogP contribution is -2.25. The van der Waals surface area contributed by atoms with Gasteiger partial charge in [-0.2, -0.15) is 0 Å². The number of imidazole rings is 1. The minimum atomic E-state index is -0.0592. The van der Waals surface area contributed by atoms with E-state index in [1.54, 1.807) is 23.9 Å². The summed E-state index contributed by atoms with van der Waals surface area (Å²) in [7, 11) is 0. The Bertz CT molecular complexity index is 1630. The van der Waals surface area contributed by atoms with Crippen molar-refractivity contribution in [3.8, 4) is 10.4 Å². The highest BCUT2D eigenvalue weighted by Crippen LogP contribution is 2.37. The molecule has 0 saturated carbocycles. The Morgan fingerprint density at radius 1 is 1.03 bits per heavy atom. The lowest BCUT2D eigenvalue weighted by molar-refractivity contribution is 0.0952. The molecule has 0 unspecified atom stereocenters. The molecule has 0 saturated heterocycles. The molecular weight excluding hydrogens is 468 g/mol. The van der Waals surface area contributed by atoms with E-state index in [-0.39, 0.29) is 5.91 Å². The molecule has 6 aromatic rings. The number of H-pyrrole nitrogens is 1. The molecule has 0 atom stereocenters. The first-order valence-corrected chi connectivity index (χ1v) is 12.6. The highest BCUT2D eigenvalue weighted by atomic mass is 32.1. The number of thiophene rings is 1. The number of pyridine rings is 1. The normalized spacial score (nSPS) is 11.2. The molecule has 0 fully saturated rings. The molecule has 4 heterocycles. The standard InChI is InChI=1S/C28H24N6OS/c35-28(32-10-1-14-34-15-13-29-18-34)20-4-2-19(3-5-20)26-17-25-27(36-26)24(9-12-31-25)33-22-6-7-23-21(16-22)8-11-30-23/h2-9,11-13,15-18,30H,1,10,14H2,(H,31,33)(H,32,35). The first kappa shape index (κ1) is 22.1. The van der Waals surface area contributed by atoms with Crippen molar-refractivity contribution in [1.29, 1.82) is 0 Å². The fraction of sp³-hybridized carbons (Fsp3) is 0.107. The molecule has 8 heteroatoms. The first-order chi connectivity index (χ1) is 17.7. The number of fused-ring (bicyclic) bond motifs is 2. The summed E-state index contributed by atoms with van der Waals surface area (Å²) in [5, 5.41) is 7.71. The van der Waals surface area contributed by atoms with Crippen LogP contribution in [0.4, 0.5) is 11.4 Å². The van der Waals surface area contributed by atoms with Gasteiger partial charge in [-0.05, 0) is 60.5 Å². The second-order valence-electron chi connectivity index (χ2n) is 8.58. The van der Waals surface area contributed by atoms with Gasteiger partial charge in [0.05, 0.1) is 22.2 Å². The summed E-state index contributed by atoms with van der Waals surface area (Å²) in [6, 6.07) is 20.2. The van der Waals surface area contributed by atoms with Gasteiger partial charge in [0.15, 0.2) is 0 Å². The van der Waals surface area contributed by atoms with Crippen LogP contribution < -0.4 is 10.6 Å². The van der Waals surface area contributed by atoms with Crippen molar-refractivity contribution in [2.24, 2.45) is 0 Å². The fourth-order valence-electron chi connectivity index (χ4n) is 4.24. The summed E-state index contributed by atoms with van der Waals surface area (Å²) < 4.78 is 3.10. The van der Waals surface area contributed by atoms with Gasteiger partial charge in [-0.25, -0.2) is 4.98 Å². The fourth-order valence-corrected chi connectivity index (χ4v) is 5.33. The molecule has 0 aliphatic rings. The van der Waals surface area contributed by atoms with Gasteiger partial charge in [-0.15, -0.1) is 11.3 Å². The van der Waals surface area contributed by atoms with Gasteiger partial charge < -0.3 is 20.2 Å². The quantitative estimate of drug-likeness (QED) is 0.221. The monoisotopic (exact) mass is 492 g/mol. The zero-order valence-corrected chi connectivity index (χ0v) is 20.3. The number of carbonyl (C=O) groups is 1. The second-order valence-corrected chi connectivity index (χ2v) is 9.63. The average molecular weight is 493 g/mol. The molecule has 4 aromatic heterocycles. The van der Waals surface area contributed by atoms with Crippen molar-refractivity contribution in [2.75, 3.05) is 11.9 Å². The van der Waals surface area contributed by atoms with Crippen molar-refractivity contribution >= 4 is 49.7 Å². The molecule has 178 valence electrons. The van der Waals surface area contributed by atoms with E-state index in [2.05, 4.69) is 55.9 Å². The molecule has 6 rings (SSSR count). The number of hydrogen-bond donors (Lipinski definition) is 3. The smallest absolute Gasteiger partial charge is 0.251 e. The summed E-state index contributed by atoms with van der Waals surface area (Å²) in [6.07, 6.45) is 10.1. The topological polar surface area (TPSA) is 87.6 Å². The maximum Gasteiger partial charge on any atom is 0.251 e. The molecule has 0 bridgehead atoms. The Labute approximate surface area is 211 Å². The van der Waals surface area contributed by atoms with Crippen LogP contribution in [0.1, 0.15) is 16.8 Å². The van der Waals surface area contributed by atoms with Crippen molar-refractivity contribution in [3.05, 3.63) is 97.3 Å². The number of aromatic amines is 1. The number of aryl methyl sites for hydroxylation is 1. The summed E-state index contributed by atoms with van der Waals surface area (Å²) in [5.41, 5.74) is 5.84. The summed E-state index contributed by atoms with van der Waals surface area (Å²) in [4.78, 5) is 25.5. The van der Waals surface area contributed by atoms with Gasteiger partial charge >= 0.3 is 0 Å². The molecular formula is C28H24N6OS. The Hall–Kier alpha value is -4.43. The summed E-state index contributed by atoms with van der Waals surface area (Å²) in [5.74, 6) is -0.0592. The minimum Gasteiger partial charge on any atom is -0.361 e. The predicted molar refractivity (Wildman–Crippen MR) is 146 cm³/mol. The zero-order chi connectivity index (χ0) is 24.3. The van der Waals surface area contributed by atoms with E-state index < -0.39 is 0 Å². The van der Waals surface area contributed by atoms with E-state index in [0.29, 0.717) is 12.1 Å². The molecule has 0 aliphatic heterocycles. The van der Waals surface area contributed by atoms with Crippen LogP contribution in [0.5, 0.6) is 0 Å². The van der Waals surface area contributed by atoms with Crippen molar-refractivity contribution < 1.29 is 4.79 Å². The molecule has 2 aromatic carbocycles. The Kier molecular flexibility index (Phi) is 5.93. The predicted octanol–water partition coefficient (Wildman–Crippen LogP) is 6.20. The Morgan fingerprint density at radius 2 is 1.94 bits per heavy atom. The van der Waals surface area contributed by atoms with E-state index in [9.17, 15) is 4.79 Å². The summed E-state index contributed by atoms with van der Waals surface area (Å²) >= 11 is 1.69. The van der Waals surface area contributed by atoms with E-state index in [0.717, 1.165) is 50.5 Å². The molecule has 1 amide bonds. The maximum atomic E-state index is 12.5. The van der Waals surface area contributed by atoms with E-state index in [4.69, 9.17) is 0 Å². The van der Waals surface area contributed by atoms with Crippen LogP contribution in [0.3, 0.4) is 0 Å². The molecule has 0 spiro atoms. The van der Waals surface area contributed by atoms with Gasteiger partial charge in [0.1, 0.15) is 0 Å². The maximum absolute atomic E-state index is 12.5. The Morgan fingerprint density at radius 3 is 2.81 bits per heavy atom. The third kappa shape index (κ3) is 4.58. The number of hydrogen-bond acceptors (Lipinski definition) is 5. The third-order valence-corrected chi connectivity index (χ3v) is 7.32. The van der Waals surface area contributed by atoms with Gasteiger partial charge in [-0.1, -0.05) is 12.1 Å². The number of rotatable bonds is 8. The molecule has 0 radical (unpaired) electrons. The number of amides is 1. The van der Waals surface area contributed by atoms with Gasteiger partial charge in [0.2, 0.25) is 0 Å². The highest BCUT2D eigenvalue weighted by Gasteiger charge is 2.11. The van der Waals surface area contributed by atoms with Crippen LogP contribution in [-0.4, -0.2) is 32.0 Å². The Balaban J connectivity index is 1.15. The third-order valence-electron chi connectivity index (χ3n) is 6.11. The average Bonchev–Trinajstić information content (AvgIpc) is 3.67. The first-order valence-electron chi connectivity index (χ1n) is 11.8. The largest absolute Gasteiger partial charge is 0.361 e. The van der Waals surface area contributed by atoms with Crippen molar-refractivity contribution in [2.45, 2.75) is 13.0 Å². The van der Waals surface area contributed by atoms with E-state index in [1.165, 1.54) is 5.39 Å². The lowest BCUT2D eigenvalue weighted by atomic mass is 10.1. The number of carbonyl (C=O) groups excluding carboxylic acids is 1. The molecule has 7 nitrogen and oxygen atoms in total. The molecule has 0 aliphatic carbocycles. The van der Waals surface area contributed by atoms with E-state index in [1.807, 2.05) is 53.5 Å². The van der Waals surface area contributed by atoms with Gasteiger partial charge in [0.25, 0.3) is 5.91 Å². The number of anilines is 2. The molecule has 36 heavy (non-hydrogen) atoms. The summed E-state index contributed by atoms with van der Waals surface area (Å²) in [6.45, 7) is 1.45. The van der Waals surface area contributed by atoms with Gasteiger partial charge in [-0.3, -0.25) is 9.78 Å². The van der Waals surface area contributed by atoms with Gasteiger partial charge in [0, 0.05) is 64.9 Å². The van der Waals surface area contributed by atoms with Crippen molar-refractivity contribution in [3.63, 3.8) is 0 Å². The van der Waals surface area contributed by atoms with Crippen LogP contribution in [0, 0.1) is 0 Å². The lowest BCUT2D eigenvalue weighted by Gasteiger charge is -2.07. The number of aromatic nitrogens is 4. The van der Waals surface area contributed by atoms with Crippen LogP contribution in [-0.2, 0) is 6.54 Å².